The molecule has 0 radical (unpaired) electrons. The van der Waals surface area contributed by atoms with Crippen LogP contribution in [0.4, 0.5) is 10.5 Å². The number of aryl methyl sites for hydroxylation is 1. The number of rotatable bonds is 5. The molecule has 166 valence electrons. The average Bonchev–Trinajstić information content (AvgIpc) is 2.78. The van der Waals surface area contributed by atoms with Crippen LogP contribution < -0.4 is 15.0 Å². The van der Waals surface area contributed by atoms with Crippen molar-refractivity contribution in [3.05, 3.63) is 94.0 Å². The number of phenolic OH excluding ortho intramolecular Hbond substituents is 1. The molecule has 0 saturated carbocycles. The molecule has 3 aromatic carbocycles. The highest BCUT2D eigenvalue weighted by atomic mass is 35.5. The second-order valence-electron chi connectivity index (χ2n) is 7.43. The number of nitrogens with one attached hydrogen (secondary N) is 1. The normalized spacial score (nSPS) is 15.0. The number of phenols is 1. The van der Waals surface area contributed by atoms with Gasteiger partial charge in [-0.1, -0.05) is 41.4 Å². The number of hydrogen-bond acceptors (Lipinski definition) is 5. The molecule has 1 heterocycles. The summed E-state index contributed by atoms with van der Waals surface area (Å²) in [5.41, 5.74) is 2.43. The predicted molar refractivity (Wildman–Crippen MR) is 124 cm³/mol. The Morgan fingerprint density at radius 3 is 2.39 bits per heavy atom. The van der Waals surface area contributed by atoms with Crippen molar-refractivity contribution in [2.75, 3.05) is 4.90 Å². The van der Waals surface area contributed by atoms with Gasteiger partial charge in [0.25, 0.3) is 11.8 Å². The van der Waals surface area contributed by atoms with Gasteiger partial charge < -0.3 is 9.84 Å². The number of ether oxygens (including phenoxy) is 1. The van der Waals surface area contributed by atoms with Crippen molar-refractivity contribution in [2.45, 2.75) is 13.5 Å². The van der Waals surface area contributed by atoms with Crippen LogP contribution in [0.25, 0.3) is 6.08 Å². The molecular weight excluding hydrogens is 444 g/mol. The summed E-state index contributed by atoms with van der Waals surface area (Å²) in [5, 5.41) is 12.0. The molecule has 4 rings (SSSR count). The van der Waals surface area contributed by atoms with Crippen molar-refractivity contribution in [2.24, 2.45) is 0 Å². The number of carbonyl (C=O) groups excluding carboxylic acids is 3. The Kier molecular flexibility index (Phi) is 6.15. The topological polar surface area (TPSA) is 95.9 Å². The van der Waals surface area contributed by atoms with Crippen LogP contribution in [0.5, 0.6) is 11.5 Å². The van der Waals surface area contributed by atoms with E-state index in [0.717, 1.165) is 16.0 Å². The van der Waals surface area contributed by atoms with Gasteiger partial charge in [-0.25, -0.2) is 9.69 Å². The Bertz CT molecular complexity index is 1270. The molecule has 0 aliphatic carbocycles. The van der Waals surface area contributed by atoms with Crippen LogP contribution in [0.3, 0.4) is 0 Å². The molecule has 0 atom stereocenters. The van der Waals surface area contributed by atoms with Crippen molar-refractivity contribution in [1.29, 1.82) is 0 Å². The number of nitrogens with zero attached hydrogens (tertiary/aromatic N) is 1. The lowest BCUT2D eigenvalue weighted by atomic mass is 10.1. The molecule has 0 unspecified atom stereocenters. The number of urea groups is 1. The van der Waals surface area contributed by atoms with Crippen LogP contribution in [0.1, 0.15) is 16.7 Å². The summed E-state index contributed by atoms with van der Waals surface area (Å²) >= 11 is 6.15. The SMILES string of the molecule is Cc1ccc(COc2ccc(Cl)cc2/C=C2\C(=O)NC(=O)N(c3ccc(O)cc3)C2=O)cc1. The molecule has 1 saturated heterocycles. The van der Waals surface area contributed by atoms with Gasteiger partial charge in [0, 0.05) is 10.6 Å². The number of amides is 4. The minimum atomic E-state index is -0.880. The van der Waals surface area contributed by atoms with E-state index in [1.807, 2.05) is 31.2 Å². The van der Waals surface area contributed by atoms with Crippen LogP contribution >= 0.6 is 11.6 Å². The smallest absolute Gasteiger partial charge is 0.335 e. The van der Waals surface area contributed by atoms with Crippen LogP contribution in [-0.4, -0.2) is 23.0 Å². The second kappa shape index (κ2) is 9.18. The first-order chi connectivity index (χ1) is 15.8. The number of aromatic hydroxyl groups is 1. The number of anilines is 1. The number of halogens is 1. The van der Waals surface area contributed by atoms with E-state index < -0.39 is 17.8 Å². The number of carbonyl (C=O) groups is 3. The number of benzene rings is 3. The molecule has 1 fully saturated rings. The third-order valence-electron chi connectivity index (χ3n) is 5.00. The van der Waals surface area contributed by atoms with E-state index in [2.05, 4.69) is 5.32 Å². The maximum Gasteiger partial charge on any atom is 0.335 e. The van der Waals surface area contributed by atoms with E-state index in [1.165, 1.54) is 30.3 Å². The quantitative estimate of drug-likeness (QED) is 0.426. The largest absolute Gasteiger partial charge is 0.508 e. The molecule has 0 spiro atoms. The van der Waals surface area contributed by atoms with Gasteiger partial charge in [-0.2, -0.15) is 0 Å². The Morgan fingerprint density at radius 1 is 1.00 bits per heavy atom. The van der Waals surface area contributed by atoms with E-state index in [9.17, 15) is 19.5 Å². The molecule has 33 heavy (non-hydrogen) atoms. The van der Waals surface area contributed by atoms with Gasteiger partial charge in [0.05, 0.1) is 5.69 Å². The molecule has 1 aliphatic heterocycles. The zero-order valence-corrected chi connectivity index (χ0v) is 18.3. The minimum absolute atomic E-state index is 0.0234. The fraction of sp³-hybridized carbons (Fsp3) is 0.0800. The molecular formula is C25H19ClN2O5. The van der Waals surface area contributed by atoms with Crippen molar-refractivity contribution >= 4 is 41.2 Å². The summed E-state index contributed by atoms with van der Waals surface area (Å²) in [6.07, 6.45) is 1.34. The first-order valence-corrected chi connectivity index (χ1v) is 10.4. The van der Waals surface area contributed by atoms with Gasteiger partial charge in [0.15, 0.2) is 0 Å². The van der Waals surface area contributed by atoms with Crippen molar-refractivity contribution in [3.8, 4) is 11.5 Å². The lowest BCUT2D eigenvalue weighted by Crippen LogP contribution is -2.54. The van der Waals surface area contributed by atoms with E-state index in [1.54, 1.807) is 18.2 Å². The highest BCUT2D eigenvalue weighted by Crippen LogP contribution is 2.29. The standard InChI is InChI=1S/C25H19ClN2O5/c1-15-2-4-16(5-3-15)14-33-22-11-6-18(26)12-17(22)13-21-23(30)27-25(32)28(24(21)31)19-7-9-20(29)10-8-19/h2-13,29H,14H2,1H3,(H,27,30,32)/b21-13+. The predicted octanol–water partition coefficient (Wildman–Crippen LogP) is 4.60. The first-order valence-electron chi connectivity index (χ1n) is 10.0. The lowest BCUT2D eigenvalue weighted by molar-refractivity contribution is -0.122. The van der Waals surface area contributed by atoms with E-state index >= 15 is 0 Å². The molecule has 0 aromatic heterocycles. The van der Waals surface area contributed by atoms with Crippen molar-refractivity contribution in [3.63, 3.8) is 0 Å². The highest BCUT2D eigenvalue weighted by molar-refractivity contribution is 6.39. The van der Waals surface area contributed by atoms with Gasteiger partial charge >= 0.3 is 6.03 Å². The second-order valence-corrected chi connectivity index (χ2v) is 7.87. The fourth-order valence-corrected chi connectivity index (χ4v) is 3.44. The van der Waals surface area contributed by atoms with Crippen LogP contribution in [0, 0.1) is 6.92 Å². The molecule has 4 amide bonds. The van der Waals surface area contributed by atoms with Gasteiger partial charge in [-0.15, -0.1) is 0 Å². The number of barbiturate groups is 1. The van der Waals surface area contributed by atoms with E-state index in [4.69, 9.17) is 16.3 Å². The lowest BCUT2D eigenvalue weighted by Gasteiger charge is -2.26. The van der Waals surface area contributed by atoms with Crippen LogP contribution in [0.15, 0.2) is 72.3 Å². The summed E-state index contributed by atoms with van der Waals surface area (Å²) in [7, 11) is 0. The van der Waals surface area contributed by atoms with E-state index in [-0.39, 0.29) is 23.6 Å². The van der Waals surface area contributed by atoms with Gasteiger partial charge in [-0.05, 0) is 61.0 Å². The number of imide groups is 2. The Hall–Kier alpha value is -4.10. The van der Waals surface area contributed by atoms with Crippen LogP contribution in [-0.2, 0) is 16.2 Å². The molecule has 3 aromatic rings. The summed E-state index contributed by atoms with van der Waals surface area (Å²) in [6, 6.07) is 17.3. The summed E-state index contributed by atoms with van der Waals surface area (Å²) in [5.74, 6) is -1.24. The molecule has 1 aliphatic rings. The Morgan fingerprint density at radius 2 is 1.70 bits per heavy atom. The average molecular weight is 463 g/mol. The van der Waals surface area contributed by atoms with Gasteiger partial charge in [-0.3, -0.25) is 14.9 Å². The molecule has 2 N–H and O–H groups in total. The third-order valence-corrected chi connectivity index (χ3v) is 5.23. The maximum atomic E-state index is 13.1. The molecule has 8 heteroatoms. The maximum absolute atomic E-state index is 13.1. The van der Waals surface area contributed by atoms with Gasteiger partial charge in [0.1, 0.15) is 23.7 Å². The Balaban J connectivity index is 1.66. The minimum Gasteiger partial charge on any atom is -0.508 e. The highest BCUT2D eigenvalue weighted by Gasteiger charge is 2.37. The van der Waals surface area contributed by atoms with Crippen molar-refractivity contribution < 1.29 is 24.2 Å². The summed E-state index contributed by atoms with van der Waals surface area (Å²) in [6.45, 7) is 2.27. The zero-order chi connectivity index (χ0) is 23.5. The third kappa shape index (κ3) is 4.88. The van der Waals surface area contributed by atoms with Crippen molar-refractivity contribution in [1.82, 2.24) is 5.32 Å². The fourth-order valence-electron chi connectivity index (χ4n) is 3.26. The monoisotopic (exact) mass is 462 g/mol. The summed E-state index contributed by atoms with van der Waals surface area (Å²) in [4.78, 5) is 38.7. The number of hydrogen-bond donors (Lipinski definition) is 2. The van der Waals surface area contributed by atoms with Crippen LogP contribution in [0.2, 0.25) is 5.02 Å². The molecule has 7 nitrogen and oxygen atoms in total. The van der Waals surface area contributed by atoms with E-state index in [0.29, 0.717) is 16.3 Å². The first kappa shape index (κ1) is 22.1. The zero-order valence-electron chi connectivity index (χ0n) is 17.5. The Labute approximate surface area is 194 Å². The summed E-state index contributed by atoms with van der Waals surface area (Å²) < 4.78 is 5.92. The molecule has 0 bridgehead atoms. The van der Waals surface area contributed by atoms with Gasteiger partial charge in [0.2, 0.25) is 0 Å².